The first-order valence-corrected chi connectivity index (χ1v) is 5.03. The number of nitriles is 1. The molecule has 0 spiro atoms. The third-order valence-electron chi connectivity index (χ3n) is 1.77. The van der Waals surface area contributed by atoms with Gasteiger partial charge in [0, 0.05) is 9.77 Å². The van der Waals surface area contributed by atoms with E-state index >= 15 is 0 Å². The molecule has 0 atom stereocenters. The summed E-state index contributed by atoms with van der Waals surface area (Å²) in [6.07, 6.45) is -2.23. The molecule has 8 heteroatoms. The van der Waals surface area contributed by atoms with Crippen LogP contribution in [0.15, 0.2) is 6.20 Å². The fourth-order valence-electron chi connectivity index (χ4n) is 1.15. The number of pyridine rings is 1. The maximum Gasteiger partial charge on any atom is 0.301 e. The molecular weight excluding hydrogens is 335 g/mol. The average Bonchev–Trinajstić information content (AvgIpc) is 2.19. The quantitative estimate of drug-likeness (QED) is 0.482. The second kappa shape index (κ2) is 5.11. The number of nitro groups is 1. The van der Waals surface area contributed by atoms with Crippen LogP contribution in [0.2, 0.25) is 0 Å². The Labute approximate surface area is 102 Å². The molecule has 0 amide bonds. The van der Waals surface area contributed by atoms with Crippen LogP contribution >= 0.6 is 22.6 Å². The van der Waals surface area contributed by atoms with Crippen molar-refractivity contribution in [3.05, 3.63) is 31.1 Å². The summed E-state index contributed by atoms with van der Waals surface area (Å²) in [6, 6.07) is 1.65. The van der Waals surface area contributed by atoms with Gasteiger partial charge in [-0.1, -0.05) is 0 Å². The maximum absolute atomic E-state index is 12.6. The van der Waals surface area contributed by atoms with Gasteiger partial charge in [-0.25, -0.2) is 8.78 Å². The third kappa shape index (κ3) is 2.41. The summed E-state index contributed by atoms with van der Waals surface area (Å²) >= 11 is 1.55. The molecule has 0 N–H and O–H groups in total. The highest BCUT2D eigenvalue weighted by Crippen LogP contribution is 2.34. The first-order valence-electron chi connectivity index (χ1n) is 3.95. The lowest BCUT2D eigenvalue weighted by Crippen LogP contribution is -2.05. The van der Waals surface area contributed by atoms with Gasteiger partial charge in [0.1, 0.15) is 11.3 Å². The molecule has 0 radical (unpaired) electrons. The molecule has 0 bridgehead atoms. The number of aromatic nitrogens is 1. The van der Waals surface area contributed by atoms with Crippen LogP contribution < -0.4 is 0 Å². The summed E-state index contributed by atoms with van der Waals surface area (Å²) in [7, 11) is 0. The molecule has 0 saturated heterocycles. The van der Waals surface area contributed by atoms with Gasteiger partial charge in [-0.15, -0.1) is 0 Å². The van der Waals surface area contributed by atoms with Gasteiger partial charge < -0.3 is 0 Å². The highest BCUT2D eigenvalue weighted by atomic mass is 127. The number of halogens is 3. The zero-order valence-corrected chi connectivity index (χ0v) is 9.81. The Morgan fingerprint density at radius 1 is 1.69 bits per heavy atom. The summed E-state index contributed by atoms with van der Waals surface area (Å²) in [6.45, 7) is 0. The summed E-state index contributed by atoms with van der Waals surface area (Å²) in [4.78, 5) is 13.4. The molecule has 0 aliphatic carbocycles. The Balaban J connectivity index is 3.51. The molecular formula is C8H4F2IN3O2. The SMILES string of the molecule is N#CCc1ncc(I)c(C(F)F)c1[N+](=O)[O-]. The van der Waals surface area contributed by atoms with Gasteiger partial charge >= 0.3 is 5.69 Å². The first kappa shape index (κ1) is 12.7. The minimum Gasteiger partial charge on any atom is -0.258 e. The largest absolute Gasteiger partial charge is 0.301 e. The highest BCUT2D eigenvalue weighted by Gasteiger charge is 2.29. The molecule has 0 aliphatic heterocycles. The molecule has 0 aliphatic rings. The van der Waals surface area contributed by atoms with Gasteiger partial charge in [-0.3, -0.25) is 15.1 Å². The van der Waals surface area contributed by atoms with Crippen molar-refractivity contribution in [2.24, 2.45) is 0 Å². The lowest BCUT2D eigenvalue weighted by atomic mass is 10.1. The van der Waals surface area contributed by atoms with E-state index in [9.17, 15) is 18.9 Å². The van der Waals surface area contributed by atoms with E-state index in [1.807, 2.05) is 0 Å². The zero-order chi connectivity index (χ0) is 12.3. The van der Waals surface area contributed by atoms with Crippen LogP contribution in [0.5, 0.6) is 0 Å². The Morgan fingerprint density at radius 3 is 2.75 bits per heavy atom. The Morgan fingerprint density at radius 2 is 2.31 bits per heavy atom. The number of nitrogens with zero attached hydrogens (tertiary/aromatic N) is 3. The van der Waals surface area contributed by atoms with Crippen LogP contribution in [0.3, 0.4) is 0 Å². The minimum absolute atomic E-state index is 0.0148. The van der Waals surface area contributed by atoms with Crippen LogP contribution in [-0.2, 0) is 6.42 Å². The van der Waals surface area contributed by atoms with Crippen molar-refractivity contribution in [3.8, 4) is 6.07 Å². The predicted octanol–water partition coefficient (Wildman–Crippen LogP) is 2.60. The molecule has 1 aromatic rings. The van der Waals surface area contributed by atoms with E-state index in [2.05, 4.69) is 4.98 Å². The van der Waals surface area contributed by atoms with Gasteiger partial charge in [0.15, 0.2) is 0 Å². The smallest absolute Gasteiger partial charge is 0.258 e. The van der Waals surface area contributed by atoms with E-state index in [1.165, 1.54) is 0 Å². The van der Waals surface area contributed by atoms with E-state index in [4.69, 9.17) is 5.26 Å². The van der Waals surface area contributed by atoms with Crippen molar-refractivity contribution in [2.75, 3.05) is 0 Å². The van der Waals surface area contributed by atoms with Crippen LogP contribution in [0.25, 0.3) is 0 Å². The summed E-state index contributed by atoms with van der Waals surface area (Å²) < 4.78 is 25.3. The van der Waals surface area contributed by atoms with Crippen molar-refractivity contribution in [3.63, 3.8) is 0 Å². The molecule has 5 nitrogen and oxygen atoms in total. The van der Waals surface area contributed by atoms with Crippen LogP contribution in [-0.4, -0.2) is 9.91 Å². The lowest BCUT2D eigenvalue weighted by Gasteiger charge is -2.06. The monoisotopic (exact) mass is 339 g/mol. The topological polar surface area (TPSA) is 79.8 Å². The molecule has 0 unspecified atom stereocenters. The Hall–Kier alpha value is -1.37. The van der Waals surface area contributed by atoms with E-state index in [0.29, 0.717) is 0 Å². The third-order valence-corrected chi connectivity index (χ3v) is 2.63. The van der Waals surface area contributed by atoms with Crippen molar-refractivity contribution in [1.82, 2.24) is 4.98 Å². The van der Waals surface area contributed by atoms with Gasteiger partial charge in [-0.2, -0.15) is 5.26 Å². The standard InChI is InChI=1S/C8H4F2IN3O2/c9-8(10)6-4(11)3-13-5(1-2-12)7(6)14(15)16/h3,8H,1H2. The Bertz CT molecular complexity index is 473. The summed E-state index contributed by atoms with van der Waals surface area (Å²) in [5, 5.41) is 19.1. The van der Waals surface area contributed by atoms with E-state index < -0.39 is 22.6 Å². The molecule has 16 heavy (non-hydrogen) atoms. The van der Waals surface area contributed by atoms with Gasteiger partial charge in [-0.05, 0) is 22.6 Å². The predicted molar refractivity (Wildman–Crippen MR) is 57.9 cm³/mol. The lowest BCUT2D eigenvalue weighted by molar-refractivity contribution is -0.387. The zero-order valence-electron chi connectivity index (χ0n) is 7.65. The van der Waals surface area contributed by atoms with Crippen molar-refractivity contribution >= 4 is 28.3 Å². The van der Waals surface area contributed by atoms with Crippen molar-refractivity contribution in [2.45, 2.75) is 12.8 Å². The summed E-state index contributed by atoms with van der Waals surface area (Å²) in [5.74, 6) is 0. The molecule has 1 aromatic heterocycles. The number of alkyl halides is 2. The number of hydrogen-bond donors (Lipinski definition) is 0. The maximum atomic E-state index is 12.6. The van der Waals surface area contributed by atoms with Gasteiger partial charge in [0.05, 0.1) is 17.4 Å². The molecule has 0 fully saturated rings. The molecule has 0 aromatic carbocycles. The van der Waals surface area contributed by atoms with Crippen LogP contribution in [0.1, 0.15) is 17.7 Å². The van der Waals surface area contributed by atoms with Crippen molar-refractivity contribution < 1.29 is 13.7 Å². The second-order valence-electron chi connectivity index (χ2n) is 2.71. The molecule has 84 valence electrons. The Kier molecular flexibility index (Phi) is 4.05. The normalized spacial score (nSPS) is 10.2. The van der Waals surface area contributed by atoms with Crippen molar-refractivity contribution in [1.29, 1.82) is 5.26 Å². The van der Waals surface area contributed by atoms with Gasteiger partial charge in [0.2, 0.25) is 0 Å². The summed E-state index contributed by atoms with van der Waals surface area (Å²) in [5.41, 5.74) is -1.67. The number of hydrogen-bond acceptors (Lipinski definition) is 4. The van der Waals surface area contributed by atoms with E-state index in [-0.39, 0.29) is 15.7 Å². The van der Waals surface area contributed by atoms with Crippen LogP contribution in [0, 0.1) is 25.0 Å². The first-order chi connectivity index (χ1) is 7.49. The second-order valence-corrected chi connectivity index (χ2v) is 3.87. The fraction of sp³-hybridized carbons (Fsp3) is 0.250. The van der Waals surface area contributed by atoms with E-state index in [0.717, 1.165) is 6.20 Å². The number of rotatable bonds is 3. The molecule has 1 heterocycles. The minimum atomic E-state index is -2.97. The van der Waals surface area contributed by atoms with Crippen LogP contribution in [0.4, 0.5) is 14.5 Å². The van der Waals surface area contributed by atoms with Gasteiger partial charge in [0.25, 0.3) is 6.43 Å². The fourth-order valence-corrected chi connectivity index (χ4v) is 1.78. The average molecular weight is 339 g/mol. The molecule has 1 rings (SSSR count). The molecule has 0 saturated carbocycles. The highest BCUT2D eigenvalue weighted by molar-refractivity contribution is 14.1. The van der Waals surface area contributed by atoms with E-state index in [1.54, 1.807) is 28.7 Å².